The maximum Gasteiger partial charge on any atom is 0.231 e. The molecular weight excluding hydrogens is 348 g/mol. The van der Waals surface area contributed by atoms with E-state index in [-0.39, 0.29) is 12.3 Å². The summed E-state index contributed by atoms with van der Waals surface area (Å²) in [5.74, 6) is 1.44. The van der Waals surface area contributed by atoms with E-state index in [4.69, 9.17) is 4.74 Å². The van der Waals surface area contributed by atoms with Crippen LogP contribution in [0.4, 0.5) is 5.82 Å². The fourth-order valence-electron chi connectivity index (χ4n) is 2.56. The molecule has 0 saturated heterocycles. The second kappa shape index (κ2) is 7.70. The number of carbonyl (C=O) groups excluding carboxylic acids is 1. The molecule has 2 heterocycles. The Labute approximate surface area is 156 Å². The Kier molecular flexibility index (Phi) is 5.37. The van der Waals surface area contributed by atoms with Crippen molar-refractivity contribution in [1.82, 2.24) is 14.8 Å². The van der Waals surface area contributed by atoms with Crippen molar-refractivity contribution in [2.75, 3.05) is 5.32 Å². The van der Waals surface area contributed by atoms with E-state index < -0.39 is 0 Å². The summed E-state index contributed by atoms with van der Waals surface area (Å²) < 4.78 is 7.42. The fraction of sp³-hybridized carbons (Fsp3) is 0.316. The number of carbonyl (C=O) groups is 1. The van der Waals surface area contributed by atoms with Crippen molar-refractivity contribution in [2.24, 2.45) is 7.05 Å². The molecule has 0 aliphatic rings. The summed E-state index contributed by atoms with van der Waals surface area (Å²) in [5, 5.41) is 9.97. The van der Waals surface area contributed by atoms with Crippen LogP contribution in [-0.2, 0) is 24.9 Å². The number of hydrogen-bond donors (Lipinski definition) is 1. The average Bonchev–Trinajstić information content (AvgIpc) is 3.14. The highest BCUT2D eigenvalue weighted by Crippen LogP contribution is 2.19. The van der Waals surface area contributed by atoms with Crippen molar-refractivity contribution in [3.8, 4) is 5.75 Å². The summed E-state index contributed by atoms with van der Waals surface area (Å²) in [6.45, 7) is 6.30. The van der Waals surface area contributed by atoms with Crippen LogP contribution in [0.5, 0.6) is 5.75 Å². The van der Waals surface area contributed by atoms with Gasteiger partial charge in [-0.3, -0.25) is 9.48 Å². The van der Waals surface area contributed by atoms with Gasteiger partial charge in [0.15, 0.2) is 0 Å². The van der Waals surface area contributed by atoms with Crippen LogP contribution in [-0.4, -0.2) is 20.7 Å². The molecule has 1 amide bonds. The summed E-state index contributed by atoms with van der Waals surface area (Å²) >= 11 is 1.50. The van der Waals surface area contributed by atoms with Crippen LogP contribution in [0.1, 0.15) is 27.5 Å². The monoisotopic (exact) mass is 370 g/mol. The van der Waals surface area contributed by atoms with Crippen molar-refractivity contribution >= 4 is 23.1 Å². The highest BCUT2D eigenvalue weighted by atomic mass is 32.1. The molecule has 0 aliphatic heterocycles. The van der Waals surface area contributed by atoms with Gasteiger partial charge in [-0.1, -0.05) is 17.7 Å². The summed E-state index contributed by atoms with van der Waals surface area (Å²) in [5.41, 5.74) is 3.82. The molecule has 0 radical (unpaired) electrons. The molecule has 0 spiro atoms. The number of rotatable bonds is 6. The molecule has 0 unspecified atom stereocenters. The van der Waals surface area contributed by atoms with Crippen LogP contribution >= 0.6 is 11.3 Å². The van der Waals surface area contributed by atoms with E-state index in [1.54, 1.807) is 4.68 Å². The number of nitrogens with one attached hydrogen (secondary N) is 1. The molecule has 0 fully saturated rings. The number of aryl methyl sites for hydroxylation is 3. The van der Waals surface area contributed by atoms with Gasteiger partial charge in [-0.15, -0.1) is 11.3 Å². The number of hydrogen-bond acceptors (Lipinski definition) is 5. The van der Waals surface area contributed by atoms with Crippen LogP contribution in [0.3, 0.4) is 0 Å². The lowest BCUT2D eigenvalue weighted by molar-refractivity contribution is -0.115. The largest absolute Gasteiger partial charge is 0.486 e. The normalized spacial score (nSPS) is 10.8. The number of amides is 1. The highest BCUT2D eigenvalue weighted by Gasteiger charge is 2.14. The molecule has 3 rings (SSSR count). The first-order valence-corrected chi connectivity index (χ1v) is 9.23. The van der Waals surface area contributed by atoms with E-state index in [0.29, 0.717) is 6.61 Å². The third-order valence-electron chi connectivity index (χ3n) is 4.10. The van der Waals surface area contributed by atoms with Crippen LogP contribution in [0.2, 0.25) is 0 Å². The van der Waals surface area contributed by atoms with Crippen molar-refractivity contribution < 1.29 is 9.53 Å². The fourth-order valence-corrected chi connectivity index (χ4v) is 3.26. The zero-order valence-corrected chi connectivity index (χ0v) is 16.2. The van der Waals surface area contributed by atoms with Gasteiger partial charge in [-0.2, -0.15) is 5.10 Å². The third-order valence-corrected chi connectivity index (χ3v) is 4.97. The minimum atomic E-state index is -0.104. The molecule has 1 N–H and O–H groups in total. The van der Waals surface area contributed by atoms with Gasteiger partial charge in [0.25, 0.3) is 0 Å². The predicted molar refractivity (Wildman–Crippen MR) is 103 cm³/mol. The van der Waals surface area contributed by atoms with Crippen molar-refractivity contribution in [1.29, 1.82) is 0 Å². The Hall–Kier alpha value is -2.67. The lowest BCUT2D eigenvalue weighted by Crippen LogP contribution is -2.17. The second-order valence-corrected chi connectivity index (χ2v) is 7.18. The minimum Gasteiger partial charge on any atom is -0.486 e. The SMILES string of the molecule is Cc1ccc(OCc2nc(CC(=O)Nc3c(C)c(C)nn3C)cs2)cc1. The Balaban J connectivity index is 1.56. The molecule has 0 bridgehead atoms. The van der Waals surface area contributed by atoms with Gasteiger partial charge in [0.2, 0.25) is 5.91 Å². The molecule has 7 heteroatoms. The van der Waals surface area contributed by atoms with Gasteiger partial charge in [0, 0.05) is 18.0 Å². The van der Waals surface area contributed by atoms with Crippen LogP contribution in [0, 0.1) is 20.8 Å². The zero-order chi connectivity index (χ0) is 18.7. The van der Waals surface area contributed by atoms with Gasteiger partial charge in [-0.25, -0.2) is 4.98 Å². The lowest BCUT2D eigenvalue weighted by Gasteiger charge is -2.06. The topological polar surface area (TPSA) is 69.0 Å². The van der Waals surface area contributed by atoms with Gasteiger partial charge in [-0.05, 0) is 32.9 Å². The standard InChI is InChI=1S/C19H22N4O2S/c1-12-5-7-16(8-6-12)25-10-18-20-15(11-26-18)9-17(24)21-19-13(2)14(3)22-23(19)4/h5-8,11H,9-10H2,1-4H3,(H,21,24). The first-order valence-electron chi connectivity index (χ1n) is 8.35. The van der Waals surface area contributed by atoms with Gasteiger partial charge < -0.3 is 10.1 Å². The molecule has 2 aromatic heterocycles. The van der Waals surface area contributed by atoms with E-state index in [1.165, 1.54) is 16.9 Å². The Morgan fingerprint density at radius 3 is 2.62 bits per heavy atom. The summed E-state index contributed by atoms with van der Waals surface area (Å²) in [4.78, 5) is 16.8. The number of anilines is 1. The molecule has 26 heavy (non-hydrogen) atoms. The molecular formula is C19H22N4O2S. The average molecular weight is 370 g/mol. The Bertz CT molecular complexity index is 912. The number of thiazole rings is 1. The minimum absolute atomic E-state index is 0.104. The molecule has 3 aromatic rings. The highest BCUT2D eigenvalue weighted by molar-refractivity contribution is 7.09. The maximum absolute atomic E-state index is 12.3. The number of ether oxygens (including phenoxy) is 1. The predicted octanol–water partition coefficient (Wildman–Crippen LogP) is 3.56. The smallest absolute Gasteiger partial charge is 0.231 e. The van der Waals surface area contributed by atoms with Crippen LogP contribution < -0.4 is 10.1 Å². The van der Waals surface area contributed by atoms with Crippen molar-refractivity contribution in [2.45, 2.75) is 33.8 Å². The molecule has 6 nitrogen and oxygen atoms in total. The number of benzene rings is 1. The molecule has 136 valence electrons. The van der Waals surface area contributed by atoms with Gasteiger partial charge in [0.1, 0.15) is 23.2 Å². The molecule has 0 aliphatic carbocycles. The zero-order valence-electron chi connectivity index (χ0n) is 15.4. The summed E-state index contributed by atoms with van der Waals surface area (Å²) in [6, 6.07) is 7.90. The number of nitrogens with zero attached hydrogens (tertiary/aromatic N) is 3. The molecule has 0 atom stereocenters. The quantitative estimate of drug-likeness (QED) is 0.720. The van der Waals surface area contributed by atoms with Gasteiger partial charge >= 0.3 is 0 Å². The lowest BCUT2D eigenvalue weighted by atomic mass is 10.2. The van der Waals surface area contributed by atoms with E-state index in [0.717, 1.165) is 33.5 Å². The van der Waals surface area contributed by atoms with E-state index in [2.05, 4.69) is 15.4 Å². The Morgan fingerprint density at radius 2 is 1.96 bits per heavy atom. The summed E-state index contributed by atoms with van der Waals surface area (Å²) in [6.07, 6.45) is 0.227. The van der Waals surface area contributed by atoms with Crippen LogP contribution in [0.15, 0.2) is 29.6 Å². The first kappa shape index (κ1) is 18.1. The molecule has 1 aromatic carbocycles. The van der Waals surface area contributed by atoms with E-state index in [9.17, 15) is 4.79 Å². The maximum atomic E-state index is 12.3. The van der Waals surface area contributed by atoms with Crippen molar-refractivity contribution in [3.63, 3.8) is 0 Å². The van der Waals surface area contributed by atoms with E-state index in [1.807, 2.05) is 57.5 Å². The number of aromatic nitrogens is 3. The van der Waals surface area contributed by atoms with Crippen molar-refractivity contribution in [3.05, 3.63) is 57.2 Å². The second-order valence-electron chi connectivity index (χ2n) is 6.24. The first-order chi connectivity index (χ1) is 12.4. The molecule has 0 saturated carbocycles. The third kappa shape index (κ3) is 4.29. The summed E-state index contributed by atoms with van der Waals surface area (Å²) in [7, 11) is 1.82. The van der Waals surface area contributed by atoms with Gasteiger partial charge in [0.05, 0.1) is 17.8 Å². The van der Waals surface area contributed by atoms with Crippen LogP contribution in [0.25, 0.3) is 0 Å². The Morgan fingerprint density at radius 1 is 1.23 bits per heavy atom. The van der Waals surface area contributed by atoms with E-state index >= 15 is 0 Å².